The van der Waals surface area contributed by atoms with Crippen LogP contribution < -0.4 is 14.5 Å². The van der Waals surface area contributed by atoms with Gasteiger partial charge in [0, 0.05) is 44.8 Å². The molecule has 61 heavy (non-hydrogen) atoms. The summed E-state index contributed by atoms with van der Waals surface area (Å²) in [5.74, 6) is 1.70. The first-order valence-electron chi connectivity index (χ1n) is 20.7. The van der Waals surface area contributed by atoms with Crippen LogP contribution in [0.25, 0.3) is 55.3 Å². The zero-order chi connectivity index (χ0) is 40.5. The smallest absolute Gasteiger partial charge is 0.136 e. The van der Waals surface area contributed by atoms with Crippen LogP contribution in [0.5, 0.6) is 11.5 Å². The summed E-state index contributed by atoms with van der Waals surface area (Å²) >= 11 is 0. The van der Waals surface area contributed by atoms with Crippen LogP contribution in [0.1, 0.15) is 0 Å². The normalized spacial score (nSPS) is 11.4. The third-order valence-corrected chi connectivity index (χ3v) is 11.7. The van der Waals surface area contributed by atoms with Crippen molar-refractivity contribution in [2.24, 2.45) is 0 Å². The molecule has 0 saturated heterocycles. The van der Waals surface area contributed by atoms with E-state index in [9.17, 15) is 0 Å². The zero-order valence-electron chi connectivity index (χ0n) is 33.4. The van der Waals surface area contributed by atoms with Crippen molar-refractivity contribution >= 4 is 44.9 Å². The Morgan fingerprint density at radius 1 is 0.262 bits per heavy atom. The average molecular weight is 781 g/mol. The second-order valence-corrected chi connectivity index (χ2v) is 15.3. The number of para-hydroxylation sites is 2. The Morgan fingerprint density at radius 2 is 0.672 bits per heavy atom. The molecule has 0 amide bonds. The topological polar surface area (TPSA) is 15.7 Å². The van der Waals surface area contributed by atoms with Crippen molar-refractivity contribution in [3.8, 4) is 56.0 Å². The third-order valence-electron chi connectivity index (χ3n) is 11.7. The summed E-state index contributed by atoms with van der Waals surface area (Å²) in [4.78, 5) is 4.67. The highest BCUT2D eigenvalue weighted by atomic mass is 16.5. The first-order valence-corrected chi connectivity index (χ1v) is 20.7. The molecule has 0 saturated carbocycles. The van der Waals surface area contributed by atoms with E-state index in [-0.39, 0.29) is 0 Å². The number of anilines is 6. The molecule has 10 aromatic rings. The number of hydrogen-bond acceptors (Lipinski definition) is 3. The predicted octanol–water partition coefficient (Wildman–Crippen LogP) is 16.6. The van der Waals surface area contributed by atoms with E-state index in [1.54, 1.807) is 0 Å². The van der Waals surface area contributed by atoms with Crippen LogP contribution in [-0.4, -0.2) is 0 Å². The molecule has 3 heteroatoms. The minimum absolute atomic E-state index is 0.846. The highest BCUT2D eigenvalue weighted by Gasteiger charge is 2.25. The van der Waals surface area contributed by atoms with Crippen molar-refractivity contribution < 1.29 is 4.74 Å². The van der Waals surface area contributed by atoms with Gasteiger partial charge in [0.25, 0.3) is 0 Å². The lowest BCUT2D eigenvalue weighted by Crippen LogP contribution is -2.12. The Hall–Kier alpha value is -8.14. The Kier molecular flexibility index (Phi) is 9.18. The molecule has 0 aromatic heterocycles. The van der Waals surface area contributed by atoms with E-state index in [0.717, 1.165) is 67.5 Å². The number of fused-ring (bicyclic) bond motifs is 2. The van der Waals surface area contributed by atoms with E-state index in [0.29, 0.717) is 0 Å². The van der Waals surface area contributed by atoms with E-state index in [1.165, 1.54) is 33.4 Å². The quantitative estimate of drug-likeness (QED) is 0.145. The van der Waals surface area contributed by atoms with E-state index >= 15 is 0 Å². The molecule has 0 aliphatic carbocycles. The van der Waals surface area contributed by atoms with Gasteiger partial charge in [-0.05, 0) is 118 Å². The second-order valence-electron chi connectivity index (χ2n) is 15.3. The predicted molar refractivity (Wildman–Crippen MR) is 255 cm³/mol. The van der Waals surface area contributed by atoms with Crippen molar-refractivity contribution in [2.45, 2.75) is 0 Å². The van der Waals surface area contributed by atoms with Crippen LogP contribution in [0.15, 0.2) is 243 Å². The van der Waals surface area contributed by atoms with Gasteiger partial charge < -0.3 is 14.5 Å². The Balaban J connectivity index is 1.02. The molecule has 1 aliphatic rings. The van der Waals surface area contributed by atoms with Gasteiger partial charge in [0.2, 0.25) is 0 Å². The van der Waals surface area contributed by atoms with E-state index in [4.69, 9.17) is 4.74 Å². The van der Waals surface area contributed by atoms with Gasteiger partial charge in [-0.1, -0.05) is 164 Å². The monoisotopic (exact) mass is 780 g/mol. The molecule has 0 radical (unpaired) electrons. The molecule has 3 nitrogen and oxygen atoms in total. The first-order chi connectivity index (χ1) is 30.2. The average Bonchev–Trinajstić information content (AvgIpc) is 3.34. The van der Waals surface area contributed by atoms with E-state index in [2.05, 4.69) is 252 Å². The van der Waals surface area contributed by atoms with Gasteiger partial charge in [0.15, 0.2) is 0 Å². The van der Waals surface area contributed by atoms with Gasteiger partial charge >= 0.3 is 0 Å². The van der Waals surface area contributed by atoms with Gasteiger partial charge in [-0.3, -0.25) is 0 Å². The molecule has 1 heterocycles. The number of benzene rings is 10. The Bertz CT molecular complexity index is 3070. The van der Waals surface area contributed by atoms with Gasteiger partial charge in [0.05, 0.1) is 5.69 Å². The molecular formula is C58H40N2O. The molecule has 0 fully saturated rings. The lowest BCUT2D eigenvalue weighted by molar-refractivity contribution is 0.487. The summed E-state index contributed by atoms with van der Waals surface area (Å²) in [5.41, 5.74) is 15.8. The molecular weight excluding hydrogens is 741 g/mol. The Labute approximate surface area is 356 Å². The van der Waals surface area contributed by atoms with Crippen LogP contribution in [-0.2, 0) is 0 Å². The maximum Gasteiger partial charge on any atom is 0.136 e. The van der Waals surface area contributed by atoms with Crippen LogP contribution in [0.3, 0.4) is 0 Å². The summed E-state index contributed by atoms with van der Waals surface area (Å²) in [7, 11) is 0. The van der Waals surface area contributed by atoms with Gasteiger partial charge in [-0.25, -0.2) is 0 Å². The Morgan fingerprint density at radius 3 is 1.18 bits per heavy atom. The van der Waals surface area contributed by atoms with Crippen molar-refractivity contribution in [2.75, 3.05) is 9.80 Å². The number of hydrogen-bond donors (Lipinski definition) is 0. The van der Waals surface area contributed by atoms with Crippen molar-refractivity contribution in [1.82, 2.24) is 0 Å². The molecule has 0 bridgehead atoms. The molecule has 10 aromatic carbocycles. The first kappa shape index (κ1) is 36.0. The molecule has 1 aliphatic heterocycles. The van der Waals surface area contributed by atoms with Crippen molar-refractivity contribution in [3.05, 3.63) is 243 Å². The lowest BCUT2D eigenvalue weighted by Gasteiger charge is -2.30. The summed E-state index contributed by atoms with van der Waals surface area (Å²) < 4.78 is 6.77. The fourth-order valence-corrected chi connectivity index (χ4v) is 8.69. The highest BCUT2D eigenvalue weighted by molar-refractivity contribution is 6.11. The molecule has 11 rings (SSSR count). The van der Waals surface area contributed by atoms with E-state index in [1.807, 2.05) is 0 Å². The summed E-state index contributed by atoms with van der Waals surface area (Å²) in [6, 6.07) is 86.3. The SMILES string of the molecule is c1ccc(-c2ccc(-c3ccc(N(c4ccc(-c5ccccc5)cc4)c4ccc5c6c(cccc46)-c4cc(N(c6ccccc6)c6ccccc6)ccc4O5)cc3)cc2)cc1. The maximum absolute atomic E-state index is 6.77. The van der Waals surface area contributed by atoms with E-state index < -0.39 is 0 Å². The maximum atomic E-state index is 6.77. The molecule has 0 N–H and O–H groups in total. The number of ether oxygens (including phenoxy) is 1. The molecule has 0 unspecified atom stereocenters. The lowest BCUT2D eigenvalue weighted by atomic mass is 9.93. The van der Waals surface area contributed by atoms with Gasteiger partial charge in [-0.15, -0.1) is 0 Å². The van der Waals surface area contributed by atoms with Crippen molar-refractivity contribution in [3.63, 3.8) is 0 Å². The summed E-state index contributed by atoms with van der Waals surface area (Å²) in [5, 5.41) is 2.21. The van der Waals surface area contributed by atoms with Gasteiger partial charge in [-0.2, -0.15) is 0 Å². The van der Waals surface area contributed by atoms with Crippen molar-refractivity contribution in [1.29, 1.82) is 0 Å². The fraction of sp³-hybridized carbons (Fsp3) is 0. The molecule has 288 valence electrons. The second kappa shape index (κ2) is 15.6. The minimum atomic E-state index is 0.846. The highest BCUT2D eigenvalue weighted by Crippen LogP contribution is 2.52. The fourth-order valence-electron chi connectivity index (χ4n) is 8.69. The number of rotatable bonds is 9. The summed E-state index contributed by atoms with van der Waals surface area (Å²) in [6.07, 6.45) is 0. The largest absolute Gasteiger partial charge is 0.456 e. The van der Waals surface area contributed by atoms with Crippen LogP contribution >= 0.6 is 0 Å². The standard InChI is InChI=1S/C58H40N2O/c1-5-14-41(15-6-1)43-24-26-44(27-25-43)46-30-34-50(35-31-46)60(49-32-28-45(29-33-49)42-16-7-2-8-17-42)55-37-39-57-58-52(22-13-23-53(55)58)54-40-51(36-38-56(54)61-57)59(47-18-9-3-10-19-47)48-20-11-4-12-21-48/h1-40H. The zero-order valence-corrected chi connectivity index (χ0v) is 33.4. The third kappa shape index (κ3) is 6.78. The molecule has 0 spiro atoms. The van der Waals surface area contributed by atoms with Crippen LogP contribution in [0.2, 0.25) is 0 Å². The minimum Gasteiger partial charge on any atom is -0.456 e. The molecule has 0 atom stereocenters. The van der Waals surface area contributed by atoms with Gasteiger partial charge in [0.1, 0.15) is 11.5 Å². The summed E-state index contributed by atoms with van der Waals surface area (Å²) in [6.45, 7) is 0. The number of nitrogens with zero attached hydrogens (tertiary/aromatic N) is 2. The van der Waals surface area contributed by atoms with Crippen LogP contribution in [0, 0.1) is 0 Å². The van der Waals surface area contributed by atoms with Crippen LogP contribution in [0.4, 0.5) is 34.1 Å².